The molecule has 1 amide bonds. The fourth-order valence-electron chi connectivity index (χ4n) is 2.69. The van der Waals surface area contributed by atoms with Crippen molar-refractivity contribution in [2.24, 2.45) is 0 Å². The zero-order valence-electron chi connectivity index (χ0n) is 14.8. The molecule has 0 fully saturated rings. The number of hydrogen-bond donors (Lipinski definition) is 2. The van der Waals surface area contributed by atoms with E-state index in [1.54, 1.807) is 43.5 Å². The Morgan fingerprint density at radius 3 is 2.67 bits per heavy atom. The molecule has 0 bridgehead atoms. The summed E-state index contributed by atoms with van der Waals surface area (Å²) in [5, 5.41) is 2.90. The van der Waals surface area contributed by atoms with Crippen molar-refractivity contribution >= 4 is 5.91 Å². The Morgan fingerprint density at radius 2 is 2.00 bits per heavy atom. The third-order valence-electron chi connectivity index (χ3n) is 4.04. The van der Waals surface area contributed by atoms with Crippen LogP contribution in [-0.2, 0) is 11.2 Å². The molecule has 3 aromatic rings. The van der Waals surface area contributed by atoms with Crippen LogP contribution in [0.15, 0.2) is 59.5 Å². The molecule has 0 aliphatic carbocycles. The van der Waals surface area contributed by atoms with Crippen LogP contribution in [0.25, 0.3) is 11.5 Å². The number of aromatic nitrogens is 3. The number of rotatable bonds is 6. The molecule has 0 saturated heterocycles. The van der Waals surface area contributed by atoms with Gasteiger partial charge in [0.05, 0.1) is 11.7 Å². The Balaban J connectivity index is 1.93. The van der Waals surface area contributed by atoms with Gasteiger partial charge in [-0.05, 0) is 29.8 Å². The summed E-state index contributed by atoms with van der Waals surface area (Å²) in [6.07, 6.45) is 2.23. The molecule has 2 heterocycles. The van der Waals surface area contributed by atoms with Gasteiger partial charge in [0, 0.05) is 25.1 Å². The first-order chi connectivity index (χ1) is 13.0. The number of carbonyl (C=O) groups excluding carboxylic acids is 1. The van der Waals surface area contributed by atoms with Crippen LogP contribution < -0.4 is 10.9 Å². The first-order valence-electron chi connectivity index (χ1n) is 8.61. The molecule has 1 aromatic carbocycles. The van der Waals surface area contributed by atoms with E-state index in [9.17, 15) is 14.0 Å². The van der Waals surface area contributed by atoms with Gasteiger partial charge in [-0.3, -0.25) is 14.6 Å². The lowest BCUT2D eigenvalue weighted by Gasteiger charge is -2.19. The molecular formula is C20H19FN4O2. The van der Waals surface area contributed by atoms with E-state index >= 15 is 0 Å². The van der Waals surface area contributed by atoms with Crippen molar-refractivity contribution in [3.8, 4) is 11.5 Å². The summed E-state index contributed by atoms with van der Waals surface area (Å²) >= 11 is 0. The first kappa shape index (κ1) is 18.4. The SMILES string of the molecule is CCC(=O)N[C@H](Cc1cc(=O)[nH]c(-c2ccccn2)n1)c1ccc(F)cc1. The fraction of sp³-hybridized carbons (Fsp3) is 0.200. The van der Waals surface area contributed by atoms with Crippen LogP contribution in [-0.4, -0.2) is 20.9 Å². The maximum absolute atomic E-state index is 13.2. The predicted molar refractivity (Wildman–Crippen MR) is 99.4 cm³/mol. The van der Waals surface area contributed by atoms with Crippen molar-refractivity contribution in [1.82, 2.24) is 20.3 Å². The molecule has 1 atom stereocenters. The van der Waals surface area contributed by atoms with E-state index in [1.165, 1.54) is 18.2 Å². The molecule has 2 aromatic heterocycles. The third-order valence-corrected chi connectivity index (χ3v) is 4.04. The molecule has 0 radical (unpaired) electrons. The highest BCUT2D eigenvalue weighted by molar-refractivity contribution is 5.76. The Hall–Kier alpha value is -3.35. The molecule has 138 valence electrons. The number of halogens is 1. The second kappa shape index (κ2) is 8.35. The average molecular weight is 366 g/mol. The Kier molecular flexibility index (Phi) is 5.71. The number of benzene rings is 1. The van der Waals surface area contributed by atoms with Crippen molar-refractivity contribution in [2.75, 3.05) is 0 Å². The van der Waals surface area contributed by atoms with Gasteiger partial charge in [-0.15, -0.1) is 0 Å². The van der Waals surface area contributed by atoms with Crippen molar-refractivity contribution in [3.05, 3.63) is 82.2 Å². The molecule has 0 saturated carbocycles. The highest BCUT2D eigenvalue weighted by Crippen LogP contribution is 2.19. The Labute approximate surface area is 155 Å². The number of pyridine rings is 1. The zero-order valence-corrected chi connectivity index (χ0v) is 14.8. The van der Waals surface area contributed by atoms with E-state index in [4.69, 9.17) is 0 Å². The summed E-state index contributed by atoms with van der Waals surface area (Å²) in [6, 6.07) is 12.2. The summed E-state index contributed by atoms with van der Waals surface area (Å²) in [5.41, 5.74) is 1.48. The minimum Gasteiger partial charge on any atom is -0.349 e. The smallest absolute Gasteiger partial charge is 0.251 e. The van der Waals surface area contributed by atoms with Crippen molar-refractivity contribution in [2.45, 2.75) is 25.8 Å². The van der Waals surface area contributed by atoms with Crippen LogP contribution in [0.2, 0.25) is 0 Å². The van der Waals surface area contributed by atoms with Crippen molar-refractivity contribution in [3.63, 3.8) is 0 Å². The number of nitrogens with one attached hydrogen (secondary N) is 2. The van der Waals surface area contributed by atoms with E-state index in [1.807, 2.05) is 0 Å². The molecule has 0 unspecified atom stereocenters. The highest BCUT2D eigenvalue weighted by Gasteiger charge is 2.17. The number of hydrogen-bond acceptors (Lipinski definition) is 4. The number of aromatic amines is 1. The van der Waals surface area contributed by atoms with Gasteiger partial charge in [0.1, 0.15) is 11.5 Å². The standard InChI is InChI=1S/C20H19FN4O2/c1-2-18(26)24-17(13-6-8-14(21)9-7-13)11-15-12-19(27)25-20(23-15)16-5-3-4-10-22-16/h3-10,12,17H,2,11H2,1H3,(H,24,26)(H,23,25,27)/t17-/m1/s1. The second-order valence-electron chi connectivity index (χ2n) is 6.03. The van der Waals surface area contributed by atoms with Crippen LogP contribution >= 0.6 is 0 Å². The van der Waals surface area contributed by atoms with Gasteiger partial charge >= 0.3 is 0 Å². The van der Waals surface area contributed by atoms with E-state index in [-0.39, 0.29) is 17.3 Å². The topological polar surface area (TPSA) is 87.7 Å². The van der Waals surface area contributed by atoms with Gasteiger partial charge < -0.3 is 10.3 Å². The maximum Gasteiger partial charge on any atom is 0.251 e. The van der Waals surface area contributed by atoms with Crippen LogP contribution in [0, 0.1) is 5.82 Å². The van der Waals surface area contributed by atoms with Crippen LogP contribution in [0.5, 0.6) is 0 Å². The predicted octanol–water partition coefficient (Wildman–Crippen LogP) is 2.78. The molecule has 6 nitrogen and oxygen atoms in total. The Morgan fingerprint density at radius 1 is 1.22 bits per heavy atom. The van der Waals surface area contributed by atoms with Crippen molar-refractivity contribution < 1.29 is 9.18 Å². The monoisotopic (exact) mass is 366 g/mol. The summed E-state index contributed by atoms with van der Waals surface area (Å²) in [4.78, 5) is 35.3. The molecular weight excluding hydrogens is 347 g/mol. The fourth-order valence-corrected chi connectivity index (χ4v) is 2.69. The molecule has 3 rings (SSSR count). The largest absolute Gasteiger partial charge is 0.349 e. The number of H-pyrrole nitrogens is 1. The summed E-state index contributed by atoms with van der Waals surface area (Å²) in [7, 11) is 0. The number of nitrogens with zero attached hydrogens (tertiary/aromatic N) is 2. The first-order valence-corrected chi connectivity index (χ1v) is 8.61. The quantitative estimate of drug-likeness (QED) is 0.702. The molecule has 0 spiro atoms. The van der Waals surface area contributed by atoms with E-state index in [0.29, 0.717) is 30.1 Å². The highest BCUT2D eigenvalue weighted by atomic mass is 19.1. The third kappa shape index (κ3) is 4.84. The summed E-state index contributed by atoms with van der Waals surface area (Å²) < 4.78 is 13.2. The van der Waals surface area contributed by atoms with Gasteiger partial charge in [-0.2, -0.15) is 0 Å². The van der Waals surface area contributed by atoms with Gasteiger partial charge in [-0.1, -0.05) is 25.1 Å². The summed E-state index contributed by atoms with van der Waals surface area (Å²) in [6.45, 7) is 1.75. The molecule has 2 N–H and O–H groups in total. The average Bonchev–Trinajstić information content (AvgIpc) is 2.68. The molecule has 0 aliphatic rings. The lowest BCUT2D eigenvalue weighted by Crippen LogP contribution is -2.30. The Bertz CT molecular complexity index is 971. The maximum atomic E-state index is 13.2. The van der Waals surface area contributed by atoms with Gasteiger partial charge in [0.2, 0.25) is 5.91 Å². The number of carbonyl (C=O) groups is 1. The van der Waals surface area contributed by atoms with Crippen LogP contribution in [0.1, 0.15) is 30.6 Å². The summed E-state index contributed by atoms with van der Waals surface area (Å²) in [5.74, 6) is -0.136. The van der Waals surface area contributed by atoms with E-state index in [2.05, 4.69) is 20.3 Å². The van der Waals surface area contributed by atoms with Gasteiger partial charge in [0.15, 0.2) is 5.82 Å². The van der Waals surface area contributed by atoms with Crippen molar-refractivity contribution in [1.29, 1.82) is 0 Å². The second-order valence-corrected chi connectivity index (χ2v) is 6.03. The zero-order chi connectivity index (χ0) is 19.2. The number of amides is 1. The molecule has 7 heteroatoms. The van der Waals surface area contributed by atoms with Gasteiger partial charge in [-0.25, -0.2) is 9.37 Å². The molecule has 27 heavy (non-hydrogen) atoms. The van der Waals surface area contributed by atoms with Gasteiger partial charge in [0.25, 0.3) is 5.56 Å². The van der Waals surface area contributed by atoms with E-state index in [0.717, 1.165) is 5.56 Å². The van der Waals surface area contributed by atoms with Crippen LogP contribution in [0.4, 0.5) is 4.39 Å². The minimum absolute atomic E-state index is 0.140. The normalized spacial score (nSPS) is 11.8. The molecule has 0 aliphatic heterocycles. The van der Waals surface area contributed by atoms with E-state index < -0.39 is 6.04 Å². The lowest BCUT2D eigenvalue weighted by atomic mass is 10.0. The van der Waals surface area contributed by atoms with Crippen LogP contribution in [0.3, 0.4) is 0 Å². The lowest BCUT2D eigenvalue weighted by molar-refractivity contribution is -0.121. The minimum atomic E-state index is -0.427.